The smallest absolute Gasteiger partial charge is 0.337 e. The lowest BCUT2D eigenvalue weighted by Crippen LogP contribution is -2.04. The molecule has 0 fully saturated rings. The van der Waals surface area contributed by atoms with Crippen molar-refractivity contribution in [3.05, 3.63) is 83.6 Å². The molecule has 4 N–H and O–H groups in total. The summed E-state index contributed by atoms with van der Waals surface area (Å²) in [6, 6.07) is 13.7. The van der Waals surface area contributed by atoms with Gasteiger partial charge in [-0.25, -0.2) is 19.2 Å². The molecule has 2 heterocycles. The Morgan fingerprint density at radius 1 is 1.12 bits per heavy atom. The molecule has 0 saturated heterocycles. The van der Waals surface area contributed by atoms with Gasteiger partial charge >= 0.3 is 5.97 Å². The Kier molecular flexibility index (Phi) is 5.92. The van der Waals surface area contributed by atoms with Gasteiger partial charge in [0.2, 0.25) is 0 Å². The Bertz CT molecular complexity index is 1400. The maximum absolute atomic E-state index is 14.3. The Labute approximate surface area is 187 Å². The average molecular weight is 444 g/mol. The zero-order valence-corrected chi connectivity index (χ0v) is 17.7. The number of aromatic nitrogens is 2. The fourth-order valence-corrected chi connectivity index (χ4v) is 3.46. The third-order valence-corrected chi connectivity index (χ3v) is 5.44. The SMILES string of the molecule is CSc1ccc(Nc2cc3c(C#Cc4cc(C(=O)O)c(N)cc4F)nccc3cn2)cc1. The first-order chi connectivity index (χ1) is 15.4. The molecule has 0 aliphatic rings. The number of carboxylic acid groups (broad SMARTS) is 1. The standard InChI is InChI=1S/C24H17FN4O2S/c1-32-17-5-3-16(4-6-17)29-23-11-18-15(13-28-23)8-9-27-22(18)7-2-14-10-19(24(30)31)21(26)12-20(14)25/h3-6,8-13H,26H2,1H3,(H,28,29)(H,30,31). The second kappa shape index (κ2) is 8.96. The summed E-state index contributed by atoms with van der Waals surface area (Å²) < 4.78 is 14.3. The molecule has 2 aromatic heterocycles. The largest absolute Gasteiger partial charge is 0.478 e. The first-order valence-electron chi connectivity index (χ1n) is 9.45. The minimum absolute atomic E-state index is 0.0725. The van der Waals surface area contributed by atoms with Crippen LogP contribution in [0.4, 0.5) is 21.6 Å². The van der Waals surface area contributed by atoms with Gasteiger partial charge < -0.3 is 16.2 Å². The van der Waals surface area contributed by atoms with Crippen molar-refractivity contribution in [3.8, 4) is 11.8 Å². The number of hydrogen-bond acceptors (Lipinski definition) is 6. The number of aromatic carboxylic acids is 1. The van der Waals surface area contributed by atoms with E-state index in [1.165, 1.54) is 0 Å². The number of nitrogens with two attached hydrogens (primary N) is 1. The topological polar surface area (TPSA) is 101 Å². The van der Waals surface area contributed by atoms with Crippen molar-refractivity contribution in [2.45, 2.75) is 4.90 Å². The van der Waals surface area contributed by atoms with E-state index in [1.807, 2.05) is 36.6 Å². The zero-order valence-electron chi connectivity index (χ0n) is 16.9. The number of rotatable bonds is 4. The first kappa shape index (κ1) is 21.2. The normalized spacial score (nSPS) is 10.4. The van der Waals surface area contributed by atoms with Gasteiger partial charge in [0.15, 0.2) is 0 Å². The van der Waals surface area contributed by atoms with Gasteiger partial charge in [0.25, 0.3) is 0 Å². The minimum atomic E-state index is -1.25. The van der Waals surface area contributed by atoms with Gasteiger partial charge in [-0.2, -0.15) is 0 Å². The Hall–Kier alpha value is -4.09. The summed E-state index contributed by atoms with van der Waals surface area (Å²) >= 11 is 1.66. The van der Waals surface area contributed by atoms with Crippen molar-refractivity contribution in [3.63, 3.8) is 0 Å². The van der Waals surface area contributed by atoms with Crippen molar-refractivity contribution in [1.82, 2.24) is 9.97 Å². The van der Waals surface area contributed by atoms with Crippen molar-refractivity contribution in [2.24, 2.45) is 0 Å². The van der Waals surface area contributed by atoms with E-state index in [-0.39, 0.29) is 16.8 Å². The Morgan fingerprint density at radius 3 is 2.62 bits per heavy atom. The number of hydrogen-bond donors (Lipinski definition) is 3. The lowest BCUT2D eigenvalue weighted by Gasteiger charge is -2.08. The molecule has 8 heteroatoms. The van der Waals surface area contributed by atoms with Crippen LogP contribution in [-0.2, 0) is 0 Å². The number of anilines is 3. The quantitative estimate of drug-likeness (QED) is 0.233. The van der Waals surface area contributed by atoms with Crippen LogP contribution in [0.2, 0.25) is 0 Å². The third kappa shape index (κ3) is 4.48. The molecule has 32 heavy (non-hydrogen) atoms. The van der Waals surface area contributed by atoms with E-state index in [4.69, 9.17) is 5.73 Å². The van der Waals surface area contributed by atoms with Gasteiger partial charge in [-0.05, 0) is 60.7 Å². The van der Waals surface area contributed by atoms with Gasteiger partial charge in [-0.15, -0.1) is 11.8 Å². The monoisotopic (exact) mass is 444 g/mol. The molecule has 0 bridgehead atoms. The summed E-state index contributed by atoms with van der Waals surface area (Å²) in [7, 11) is 0. The van der Waals surface area contributed by atoms with E-state index in [1.54, 1.807) is 30.2 Å². The Morgan fingerprint density at radius 2 is 1.91 bits per heavy atom. The number of nitrogens with one attached hydrogen (secondary N) is 1. The zero-order chi connectivity index (χ0) is 22.7. The van der Waals surface area contributed by atoms with Gasteiger partial charge in [0.05, 0.1) is 11.1 Å². The van der Waals surface area contributed by atoms with Gasteiger partial charge in [0, 0.05) is 39.4 Å². The predicted molar refractivity (Wildman–Crippen MR) is 125 cm³/mol. The van der Waals surface area contributed by atoms with Crippen molar-refractivity contribution in [1.29, 1.82) is 0 Å². The van der Waals surface area contributed by atoms with Crippen LogP contribution in [0.5, 0.6) is 0 Å². The molecular formula is C24H17FN4O2S. The number of carbonyl (C=O) groups is 1. The van der Waals surface area contributed by atoms with Crippen LogP contribution in [0, 0.1) is 17.7 Å². The van der Waals surface area contributed by atoms with Gasteiger partial charge in [0.1, 0.15) is 17.3 Å². The van der Waals surface area contributed by atoms with E-state index in [0.29, 0.717) is 11.5 Å². The van der Waals surface area contributed by atoms with E-state index in [9.17, 15) is 14.3 Å². The highest BCUT2D eigenvalue weighted by Gasteiger charge is 2.12. The summed E-state index contributed by atoms with van der Waals surface area (Å²) in [5, 5.41) is 14.0. The number of nitrogen functional groups attached to an aromatic ring is 1. The summed E-state index contributed by atoms with van der Waals surface area (Å²) in [4.78, 5) is 21.2. The van der Waals surface area contributed by atoms with Crippen LogP contribution in [0.1, 0.15) is 21.6 Å². The second-order valence-electron chi connectivity index (χ2n) is 6.78. The fraction of sp³-hybridized carbons (Fsp3) is 0.0417. The highest BCUT2D eigenvalue weighted by Crippen LogP contribution is 2.24. The molecule has 0 saturated carbocycles. The number of halogens is 1. The van der Waals surface area contributed by atoms with Crippen LogP contribution in [0.25, 0.3) is 10.8 Å². The summed E-state index contributed by atoms with van der Waals surface area (Å²) in [6.07, 6.45) is 5.30. The average Bonchev–Trinajstić information content (AvgIpc) is 2.79. The predicted octanol–water partition coefficient (Wildman–Crippen LogP) is 4.91. The molecule has 0 amide bonds. The van der Waals surface area contributed by atoms with Crippen molar-refractivity contribution < 1.29 is 14.3 Å². The van der Waals surface area contributed by atoms with E-state index in [2.05, 4.69) is 27.1 Å². The number of benzene rings is 2. The lowest BCUT2D eigenvalue weighted by atomic mass is 10.1. The third-order valence-electron chi connectivity index (χ3n) is 4.70. The second-order valence-corrected chi connectivity index (χ2v) is 7.66. The Balaban J connectivity index is 1.71. The number of carboxylic acids is 1. The maximum atomic E-state index is 14.3. The van der Waals surface area contributed by atoms with Crippen LogP contribution < -0.4 is 11.1 Å². The minimum Gasteiger partial charge on any atom is -0.478 e. The molecule has 0 unspecified atom stereocenters. The molecule has 0 radical (unpaired) electrons. The van der Waals surface area contributed by atoms with Gasteiger partial charge in [-0.3, -0.25) is 0 Å². The van der Waals surface area contributed by atoms with Crippen molar-refractivity contribution >= 4 is 45.7 Å². The summed E-state index contributed by atoms with van der Waals surface area (Å²) in [5.74, 6) is 4.18. The highest BCUT2D eigenvalue weighted by molar-refractivity contribution is 7.98. The van der Waals surface area contributed by atoms with Crippen molar-refractivity contribution in [2.75, 3.05) is 17.3 Å². The number of fused-ring (bicyclic) bond motifs is 1. The molecule has 0 atom stereocenters. The van der Waals surface area contributed by atoms with E-state index >= 15 is 0 Å². The number of thioether (sulfide) groups is 1. The summed E-state index contributed by atoms with van der Waals surface area (Å²) in [6.45, 7) is 0. The molecular weight excluding hydrogens is 427 g/mol. The molecule has 4 aromatic rings. The van der Waals surface area contributed by atoms with Crippen LogP contribution in [-0.4, -0.2) is 27.3 Å². The molecule has 2 aromatic carbocycles. The lowest BCUT2D eigenvalue weighted by molar-refractivity contribution is 0.0698. The molecule has 4 rings (SSSR count). The van der Waals surface area contributed by atoms with Crippen LogP contribution in [0.15, 0.2) is 65.8 Å². The number of nitrogens with zero attached hydrogens (tertiary/aromatic N) is 2. The van der Waals surface area contributed by atoms with E-state index in [0.717, 1.165) is 33.5 Å². The van der Waals surface area contributed by atoms with E-state index < -0.39 is 11.8 Å². The summed E-state index contributed by atoms with van der Waals surface area (Å²) in [5.41, 5.74) is 6.44. The molecule has 0 spiro atoms. The molecule has 6 nitrogen and oxygen atoms in total. The highest BCUT2D eigenvalue weighted by atomic mass is 32.2. The molecule has 0 aliphatic carbocycles. The maximum Gasteiger partial charge on any atom is 0.337 e. The van der Waals surface area contributed by atoms with Gasteiger partial charge in [-0.1, -0.05) is 5.92 Å². The fourth-order valence-electron chi connectivity index (χ4n) is 3.05. The first-order valence-corrected chi connectivity index (χ1v) is 10.7. The van der Waals surface area contributed by atoms with Crippen LogP contribution >= 0.6 is 11.8 Å². The molecule has 0 aliphatic heterocycles. The van der Waals surface area contributed by atoms with Crippen LogP contribution in [0.3, 0.4) is 0 Å². The molecule has 158 valence electrons. The number of pyridine rings is 2.